The van der Waals surface area contributed by atoms with Crippen LogP contribution in [0.2, 0.25) is 5.02 Å². The summed E-state index contributed by atoms with van der Waals surface area (Å²) in [5.41, 5.74) is 1.81. The van der Waals surface area contributed by atoms with Crippen LogP contribution in [0.1, 0.15) is 37.7 Å². The van der Waals surface area contributed by atoms with Crippen molar-refractivity contribution in [3.63, 3.8) is 0 Å². The molecule has 1 saturated carbocycles. The first-order valence-electron chi connectivity index (χ1n) is 7.81. The Morgan fingerprint density at radius 3 is 2.30 bits per heavy atom. The SMILES string of the molecule is OCC1CCN(CC2(c3ccc(Cl)cc3)CCC2)CC1. The number of benzene rings is 1. The number of likely N-dealkylation sites (tertiary alicyclic amines) is 1. The van der Waals surface area contributed by atoms with E-state index in [4.69, 9.17) is 11.6 Å². The Morgan fingerprint density at radius 1 is 1.15 bits per heavy atom. The first-order chi connectivity index (χ1) is 9.72. The molecule has 2 fully saturated rings. The van der Waals surface area contributed by atoms with E-state index in [1.54, 1.807) is 0 Å². The predicted octanol–water partition coefficient (Wildman–Crippen LogP) is 3.47. The van der Waals surface area contributed by atoms with E-state index < -0.39 is 0 Å². The fraction of sp³-hybridized carbons (Fsp3) is 0.647. The summed E-state index contributed by atoms with van der Waals surface area (Å²) in [7, 11) is 0. The summed E-state index contributed by atoms with van der Waals surface area (Å²) in [5, 5.41) is 10.1. The molecule has 0 amide bonds. The summed E-state index contributed by atoms with van der Waals surface area (Å²) in [6, 6.07) is 8.47. The minimum absolute atomic E-state index is 0.357. The van der Waals surface area contributed by atoms with E-state index in [0.29, 0.717) is 17.9 Å². The van der Waals surface area contributed by atoms with Crippen molar-refractivity contribution in [2.24, 2.45) is 5.92 Å². The number of piperidine rings is 1. The molecule has 0 unspecified atom stereocenters. The molecule has 2 aliphatic rings. The van der Waals surface area contributed by atoms with Crippen LogP contribution in [0.4, 0.5) is 0 Å². The number of rotatable bonds is 4. The zero-order valence-corrected chi connectivity index (χ0v) is 12.8. The summed E-state index contributed by atoms with van der Waals surface area (Å²) in [4.78, 5) is 2.60. The van der Waals surface area contributed by atoms with E-state index in [2.05, 4.69) is 17.0 Å². The lowest BCUT2D eigenvalue weighted by molar-refractivity contribution is 0.0869. The Labute approximate surface area is 126 Å². The molecule has 0 aromatic heterocycles. The van der Waals surface area contributed by atoms with Crippen LogP contribution in [0.15, 0.2) is 24.3 Å². The Kier molecular flexibility index (Phi) is 4.34. The molecule has 0 bridgehead atoms. The van der Waals surface area contributed by atoms with E-state index in [1.165, 1.54) is 31.4 Å². The van der Waals surface area contributed by atoms with Gasteiger partial charge < -0.3 is 10.0 Å². The largest absolute Gasteiger partial charge is 0.396 e. The molecular weight excluding hydrogens is 270 g/mol. The minimum Gasteiger partial charge on any atom is -0.396 e. The molecule has 0 radical (unpaired) electrons. The fourth-order valence-corrected chi connectivity index (χ4v) is 3.83. The topological polar surface area (TPSA) is 23.5 Å². The fourth-order valence-electron chi connectivity index (χ4n) is 3.70. The standard InChI is InChI=1S/C17H24ClNO/c18-16-4-2-15(3-5-16)17(8-1-9-17)13-19-10-6-14(12-20)7-11-19/h2-5,14,20H,1,6-13H2. The predicted molar refractivity (Wildman–Crippen MR) is 83.2 cm³/mol. The van der Waals surface area contributed by atoms with E-state index in [-0.39, 0.29) is 0 Å². The van der Waals surface area contributed by atoms with Gasteiger partial charge >= 0.3 is 0 Å². The van der Waals surface area contributed by atoms with Gasteiger partial charge in [-0.15, -0.1) is 0 Å². The molecule has 3 heteroatoms. The molecule has 1 saturated heterocycles. The smallest absolute Gasteiger partial charge is 0.0460 e. The highest BCUT2D eigenvalue weighted by molar-refractivity contribution is 6.30. The highest BCUT2D eigenvalue weighted by Crippen LogP contribution is 2.45. The lowest BCUT2D eigenvalue weighted by Gasteiger charge is -2.47. The number of halogens is 1. The van der Waals surface area contributed by atoms with Crippen LogP contribution < -0.4 is 0 Å². The monoisotopic (exact) mass is 293 g/mol. The molecule has 1 aliphatic heterocycles. The number of aliphatic hydroxyl groups excluding tert-OH is 1. The molecule has 20 heavy (non-hydrogen) atoms. The van der Waals surface area contributed by atoms with Crippen LogP contribution >= 0.6 is 11.6 Å². The number of hydrogen-bond acceptors (Lipinski definition) is 2. The van der Waals surface area contributed by atoms with Crippen molar-refractivity contribution in [1.82, 2.24) is 4.90 Å². The van der Waals surface area contributed by atoms with Crippen LogP contribution in [-0.2, 0) is 5.41 Å². The Hall–Kier alpha value is -0.570. The van der Waals surface area contributed by atoms with Crippen molar-refractivity contribution in [3.05, 3.63) is 34.9 Å². The second-order valence-corrected chi connectivity index (χ2v) is 6.98. The summed E-state index contributed by atoms with van der Waals surface area (Å²) in [5.74, 6) is 0.527. The van der Waals surface area contributed by atoms with E-state index >= 15 is 0 Å². The van der Waals surface area contributed by atoms with Crippen LogP contribution in [0, 0.1) is 5.92 Å². The van der Waals surface area contributed by atoms with Crippen molar-refractivity contribution in [1.29, 1.82) is 0 Å². The van der Waals surface area contributed by atoms with Crippen LogP contribution in [0.3, 0.4) is 0 Å². The highest BCUT2D eigenvalue weighted by Gasteiger charge is 2.40. The Balaban J connectivity index is 1.66. The van der Waals surface area contributed by atoms with E-state index in [1.807, 2.05) is 12.1 Å². The highest BCUT2D eigenvalue weighted by atomic mass is 35.5. The van der Waals surface area contributed by atoms with Gasteiger partial charge in [-0.1, -0.05) is 30.2 Å². The Bertz CT molecular complexity index is 433. The molecule has 1 aromatic carbocycles. The van der Waals surface area contributed by atoms with Gasteiger partial charge in [0.15, 0.2) is 0 Å². The molecule has 3 rings (SSSR count). The van der Waals surface area contributed by atoms with E-state index in [0.717, 1.165) is 31.0 Å². The third kappa shape index (κ3) is 2.88. The maximum absolute atomic E-state index is 9.24. The molecule has 1 N–H and O–H groups in total. The zero-order valence-electron chi connectivity index (χ0n) is 12.0. The third-order valence-electron chi connectivity index (χ3n) is 5.26. The molecule has 2 nitrogen and oxygen atoms in total. The van der Waals surface area contributed by atoms with Gasteiger partial charge in [0, 0.05) is 23.6 Å². The first kappa shape index (κ1) is 14.4. The summed E-state index contributed by atoms with van der Waals surface area (Å²) >= 11 is 6.01. The zero-order chi connectivity index (χ0) is 14.0. The average molecular weight is 294 g/mol. The van der Waals surface area contributed by atoms with Gasteiger partial charge in [0.2, 0.25) is 0 Å². The number of hydrogen-bond donors (Lipinski definition) is 1. The third-order valence-corrected chi connectivity index (χ3v) is 5.51. The van der Waals surface area contributed by atoms with Crippen molar-refractivity contribution >= 4 is 11.6 Å². The van der Waals surface area contributed by atoms with Crippen molar-refractivity contribution in [3.8, 4) is 0 Å². The summed E-state index contributed by atoms with van der Waals surface area (Å²) in [6.45, 7) is 3.81. The van der Waals surface area contributed by atoms with Crippen molar-refractivity contribution in [2.75, 3.05) is 26.2 Å². The number of nitrogens with zero attached hydrogens (tertiary/aromatic N) is 1. The molecule has 0 atom stereocenters. The van der Waals surface area contributed by atoms with Gasteiger partial charge in [0.1, 0.15) is 0 Å². The second-order valence-electron chi connectivity index (χ2n) is 6.54. The van der Waals surface area contributed by atoms with Gasteiger partial charge in [0.25, 0.3) is 0 Å². The van der Waals surface area contributed by atoms with Crippen molar-refractivity contribution < 1.29 is 5.11 Å². The summed E-state index contributed by atoms with van der Waals surface area (Å²) < 4.78 is 0. The molecule has 0 spiro atoms. The van der Waals surface area contributed by atoms with Gasteiger partial charge in [0.05, 0.1) is 0 Å². The van der Waals surface area contributed by atoms with Gasteiger partial charge in [-0.05, 0) is 62.4 Å². The molecule has 110 valence electrons. The second kappa shape index (κ2) is 6.05. The molecule has 1 aliphatic carbocycles. The van der Waals surface area contributed by atoms with Gasteiger partial charge in [-0.25, -0.2) is 0 Å². The minimum atomic E-state index is 0.357. The van der Waals surface area contributed by atoms with Gasteiger partial charge in [-0.3, -0.25) is 0 Å². The maximum Gasteiger partial charge on any atom is 0.0460 e. The van der Waals surface area contributed by atoms with E-state index in [9.17, 15) is 5.11 Å². The van der Waals surface area contributed by atoms with Crippen molar-refractivity contribution in [2.45, 2.75) is 37.5 Å². The maximum atomic E-state index is 9.24. The van der Waals surface area contributed by atoms with Crippen LogP contribution in [0.25, 0.3) is 0 Å². The lowest BCUT2D eigenvalue weighted by atomic mass is 9.64. The summed E-state index contributed by atoms with van der Waals surface area (Å²) in [6.07, 6.45) is 6.24. The Morgan fingerprint density at radius 2 is 1.80 bits per heavy atom. The van der Waals surface area contributed by atoms with Crippen LogP contribution in [-0.4, -0.2) is 36.2 Å². The quantitative estimate of drug-likeness (QED) is 0.919. The normalized spacial score (nSPS) is 23.5. The molecule has 1 aromatic rings. The molecule has 1 heterocycles. The number of aliphatic hydroxyl groups is 1. The van der Waals surface area contributed by atoms with Gasteiger partial charge in [-0.2, -0.15) is 0 Å². The first-order valence-corrected chi connectivity index (χ1v) is 8.19. The van der Waals surface area contributed by atoms with Crippen LogP contribution in [0.5, 0.6) is 0 Å². The lowest BCUT2D eigenvalue weighted by Crippen LogP contribution is -2.48. The average Bonchev–Trinajstić information content (AvgIpc) is 2.45. The molecular formula is C17H24ClNO.